The van der Waals surface area contributed by atoms with Crippen molar-refractivity contribution in [3.8, 4) is 0 Å². The largest absolute Gasteiger partial charge is 0.399 e. The minimum atomic E-state index is 0.359. The summed E-state index contributed by atoms with van der Waals surface area (Å²) in [6.45, 7) is 3.02. The van der Waals surface area contributed by atoms with Gasteiger partial charge in [0, 0.05) is 28.3 Å². The predicted molar refractivity (Wildman–Crippen MR) is 71.0 cm³/mol. The first-order valence-electron chi connectivity index (χ1n) is 5.44. The summed E-state index contributed by atoms with van der Waals surface area (Å²) in [5.41, 5.74) is 7.53. The van der Waals surface area contributed by atoms with E-state index in [0.717, 1.165) is 35.1 Å². The summed E-state index contributed by atoms with van der Waals surface area (Å²) in [5, 5.41) is 1.35. The third-order valence-electron chi connectivity index (χ3n) is 2.84. The van der Waals surface area contributed by atoms with Gasteiger partial charge in [-0.1, -0.05) is 17.7 Å². The van der Waals surface area contributed by atoms with Gasteiger partial charge in [0.15, 0.2) is 0 Å². The molecule has 1 aromatic rings. The lowest BCUT2D eigenvalue weighted by molar-refractivity contribution is 0.127. The van der Waals surface area contributed by atoms with E-state index in [2.05, 4.69) is 6.92 Å². The molecule has 0 saturated carbocycles. The summed E-state index contributed by atoms with van der Waals surface area (Å²) in [6.07, 6.45) is 1.50. The molecule has 1 saturated heterocycles. The Morgan fingerprint density at radius 1 is 1.56 bits per heavy atom. The zero-order valence-corrected chi connectivity index (χ0v) is 10.9. The van der Waals surface area contributed by atoms with E-state index in [1.54, 1.807) is 0 Å². The Morgan fingerprint density at radius 3 is 3.00 bits per heavy atom. The molecule has 0 radical (unpaired) electrons. The number of nitrogens with two attached hydrogens (primary N) is 1. The van der Waals surface area contributed by atoms with E-state index in [0.29, 0.717) is 11.4 Å². The molecule has 1 fully saturated rings. The van der Waals surface area contributed by atoms with Gasteiger partial charge in [-0.05, 0) is 31.0 Å². The molecule has 0 bridgehead atoms. The Balaban J connectivity index is 1.94. The van der Waals surface area contributed by atoms with Gasteiger partial charge in [-0.3, -0.25) is 0 Å². The number of benzene rings is 1. The van der Waals surface area contributed by atoms with E-state index in [4.69, 9.17) is 22.1 Å². The monoisotopic (exact) mass is 257 g/mol. The molecule has 16 heavy (non-hydrogen) atoms. The molecule has 1 aliphatic rings. The number of anilines is 1. The van der Waals surface area contributed by atoms with Crippen LogP contribution >= 0.6 is 23.4 Å². The number of ether oxygens (including phenoxy) is 1. The maximum absolute atomic E-state index is 6.13. The Hall–Kier alpha value is -0.380. The maximum Gasteiger partial charge on any atom is 0.0666 e. The van der Waals surface area contributed by atoms with Crippen LogP contribution in [0.15, 0.2) is 18.2 Å². The lowest BCUT2D eigenvalue weighted by atomic mass is 10.2. The van der Waals surface area contributed by atoms with Crippen molar-refractivity contribution >= 4 is 29.1 Å². The van der Waals surface area contributed by atoms with Crippen LogP contribution in [0.25, 0.3) is 0 Å². The van der Waals surface area contributed by atoms with Crippen molar-refractivity contribution in [1.82, 2.24) is 0 Å². The quantitative estimate of drug-likeness (QED) is 0.844. The number of hydrogen-bond acceptors (Lipinski definition) is 3. The number of nitrogen functional groups attached to an aromatic ring is 1. The highest BCUT2D eigenvalue weighted by Gasteiger charge is 2.24. The van der Waals surface area contributed by atoms with E-state index >= 15 is 0 Å². The van der Waals surface area contributed by atoms with Gasteiger partial charge in [0.05, 0.1) is 6.10 Å². The van der Waals surface area contributed by atoms with Crippen LogP contribution < -0.4 is 5.73 Å². The Bertz CT molecular complexity index is 372. The summed E-state index contributed by atoms with van der Waals surface area (Å²) in [6, 6.07) is 5.72. The Morgan fingerprint density at radius 2 is 2.38 bits per heavy atom. The molecule has 4 heteroatoms. The van der Waals surface area contributed by atoms with Gasteiger partial charge in [-0.15, -0.1) is 0 Å². The van der Waals surface area contributed by atoms with Gasteiger partial charge in [0.1, 0.15) is 0 Å². The normalized spacial score (nSPS) is 24.9. The van der Waals surface area contributed by atoms with E-state index in [-0.39, 0.29) is 0 Å². The Labute approximate surface area is 105 Å². The average molecular weight is 258 g/mol. The van der Waals surface area contributed by atoms with Crippen molar-refractivity contribution in [2.75, 3.05) is 12.3 Å². The van der Waals surface area contributed by atoms with Gasteiger partial charge < -0.3 is 10.5 Å². The zero-order valence-electron chi connectivity index (χ0n) is 9.28. The summed E-state index contributed by atoms with van der Waals surface area (Å²) < 4.78 is 5.53. The van der Waals surface area contributed by atoms with Crippen LogP contribution in [0.4, 0.5) is 5.69 Å². The van der Waals surface area contributed by atoms with Gasteiger partial charge in [0.2, 0.25) is 0 Å². The van der Waals surface area contributed by atoms with Crippen LogP contribution in [0, 0.1) is 0 Å². The van der Waals surface area contributed by atoms with E-state index in [1.165, 1.54) is 0 Å². The Kier molecular flexibility index (Phi) is 4.00. The molecule has 0 aliphatic carbocycles. The molecular weight excluding hydrogens is 242 g/mol. The zero-order chi connectivity index (χ0) is 11.5. The highest BCUT2D eigenvalue weighted by atomic mass is 35.5. The third-order valence-corrected chi connectivity index (χ3v) is 4.71. The van der Waals surface area contributed by atoms with Gasteiger partial charge >= 0.3 is 0 Å². The second kappa shape index (κ2) is 5.30. The highest BCUT2D eigenvalue weighted by molar-refractivity contribution is 7.99. The average Bonchev–Trinajstić information content (AvgIpc) is 2.63. The molecule has 2 unspecified atom stereocenters. The first kappa shape index (κ1) is 12.1. The molecule has 0 spiro atoms. The van der Waals surface area contributed by atoms with E-state index in [1.807, 2.05) is 30.0 Å². The summed E-state index contributed by atoms with van der Waals surface area (Å²) in [4.78, 5) is 0. The topological polar surface area (TPSA) is 35.2 Å². The van der Waals surface area contributed by atoms with Crippen molar-refractivity contribution < 1.29 is 4.74 Å². The molecule has 1 aromatic carbocycles. The van der Waals surface area contributed by atoms with Crippen LogP contribution in [0.1, 0.15) is 18.9 Å². The molecule has 1 aliphatic heterocycles. The summed E-state index contributed by atoms with van der Waals surface area (Å²) >= 11 is 8.04. The fraction of sp³-hybridized carbons (Fsp3) is 0.500. The van der Waals surface area contributed by atoms with Crippen LogP contribution in [0.3, 0.4) is 0 Å². The first-order chi connectivity index (χ1) is 7.66. The fourth-order valence-corrected chi connectivity index (χ4v) is 3.40. The van der Waals surface area contributed by atoms with Crippen molar-refractivity contribution in [3.05, 3.63) is 28.8 Å². The molecule has 1 heterocycles. The standard InChI is InChI=1S/C12H16ClNOS/c1-8-12(4-5-15-8)16-7-9-2-3-10(14)6-11(9)13/h2-3,6,8,12H,4-5,7,14H2,1H3. The lowest BCUT2D eigenvalue weighted by Crippen LogP contribution is -2.13. The van der Waals surface area contributed by atoms with Crippen molar-refractivity contribution in [2.24, 2.45) is 0 Å². The number of halogens is 1. The van der Waals surface area contributed by atoms with Crippen LogP contribution in [-0.4, -0.2) is 18.0 Å². The third kappa shape index (κ3) is 2.84. The van der Waals surface area contributed by atoms with Crippen LogP contribution in [-0.2, 0) is 10.5 Å². The SMILES string of the molecule is CC1OCCC1SCc1ccc(N)cc1Cl. The number of thioether (sulfide) groups is 1. The maximum atomic E-state index is 6.13. The minimum Gasteiger partial charge on any atom is -0.399 e. The number of rotatable bonds is 3. The molecule has 0 amide bonds. The van der Waals surface area contributed by atoms with Crippen molar-refractivity contribution in [2.45, 2.75) is 30.5 Å². The van der Waals surface area contributed by atoms with Crippen LogP contribution in [0.2, 0.25) is 5.02 Å². The fourth-order valence-electron chi connectivity index (χ4n) is 1.81. The minimum absolute atomic E-state index is 0.359. The smallest absolute Gasteiger partial charge is 0.0666 e. The van der Waals surface area contributed by atoms with E-state index < -0.39 is 0 Å². The second-order valence-corrected chi connectivity index (χ2v) is 5.70. The lowest BCUT2D eigenvalue weighted by Gasteiger charge is -2.14. The van der Waals surface area contributed by atoms with Crippen molar-refractivity contribution in [1.29, 1.82) is 0 Å². The summed E-state index contributed by atoms with van der Waals surface area (Å²) in [7, 11) is 0. The molecule has 0 aromatic heterocycles. The van der Waals surface area contributed by atoms with E-state index in [9.17, 15) is 0 Å². The molecule has 2 N–H and O–H groups in total. The summed E-state index contributed by atoms with van der Waals surface area (Å²) in [5.74, 6) is 0.928. The molecular formula is C12H16ClNOS. The van der Waals surface area contributed by atoms with Gasteiger partial charge in [-0.25, -0.2) is 0 Å². The van der Waals surface area contributed by atoms with Crippen molar-refractivity contribution in [3.63, 3.8) is 0 Å². The van der Waals surface area contributed by atoms with Gasteiger partial charge in [-0.2, -0.15) is 11.8 Å². The molecule has 88 valence electrons. The second-order valence-electron chi connectivity index (χ2n) is 4.06. The molecule has 2 rings (SSSR count). The first-order valence-corrected chi connectivity index (χ1v) is 6.86. The molecule has 2 atom stereocenters. The van der Waals surface area contributed by atoms with Crippen LogP contribution in [0.5, 0.6) is 0 Å². The van der Waals surface area contributed by atoms with Gasteiger partial charge in [0.25, 0.3) is 0 Å². The molecule has 2 nitrogen and oxygen atoms in total. The number of hydrogen-bond donors (Lipinski definition) is 1. The predicted octanol–water partition coefficient (Wildman–Crippen LogP) is 3.33. The highest BCUT2D eigenvalue weighted by Crippen LogP contribution is 2.31.